The molecule has 0 fully saturated rings. The van der Waals surface area contributed by atoms with Gasteiger partial charge in [-0.3, -0.25) is 0 Å². The molecule has 8 heteroatoms. The molecule has 0 spiro atoms. The number of nitrogens with zero attached hydrogens (tertiary/aromatic N) is 3. The van der Waals surface area contributed by atoms with Gasteiger partial charge in [0, 0.05) is 7.05 Å². The van der Waals surface area contributed by atoms with Crippen LogP contribution >= 0.6 is 0 Å². The third kappa shape index (κ3) is 2.50. The fourth-order valence-corrected chi connectivity index (χ4v) is 0.837. The maximum absolute atomic E-state index is 4.11. The summed E-state index contributed by atoms with van der Waals surface area (Å²) < 4.78 is 0. The lowest BCUT2D eigenvalue weighted by Crippen LogP contribution is -2.10. The predicted molar refractivity (Wildman–Crippen MR) is 58.2 cm³/mol. The summed E-state index contributed by atoms with van der Waals surface area (Å²) in [6, 6.07) is 0. The van der Waals surface area contributed by atoms with Gasteiger partial charge in [-0.25, -0.2) is 0 Å². The fourth-order valence-electron chi connectivity index (χ4n) is 0.837. The first-order chi connectivity index (χ1) is 6.30. The monoisotopic (exact) mass is 178 g/mol. The molecule has 0 aliphatic rings. The second kappa shape index (κ2) is 4.54. The Hall–Kier alpha value is -1.46. The van der Waals surface area contributed by atoms with Crippen LogP contribution in [0.25, 0.3) is 0 Å². The van der Waals surface area contributed by atoms with Gasteiger partial charge in [0.2, 0.25) is 33.2 Å². The zero-order valence-electron chi connectivity index (χ0n) is 8.05. The van der Waals surface area contributed by atoms with Crippen molar-refractivity contribution < 1.29 is 0 Å². The van der Waals surface area contributed by atoms with Crippen molar-refractivity contribution in [3.63, 3.8) is 0 Å². The molecule has 0 radical (unpaired) electrons. The highest BCUT2D eigenvalue weighted by molar-refractivity contribution is 6.38. The number of nitrogens with one attached hydrogen (secondary N) is 3. The van der Waals surface area contributed by atoms with Crippen molar-refractivity contribution in [1.82, 2.24) is 15.0 Å². The van der Waals surface area contributed by atoms with Gasteiger partial charge in [-0.15, -0.1) is 0 Å². The number of aromatic nitrogens is 3. The Balaban J connectivity index is 2.93. The van der Waals surface area contributed by atoms with Crippen LogP contribution in [0.4, 0.5) is 17.8 Å². The van der Waals surface area contributed by atoms with Gasteiger partial charge in [0.05, 0.1) is 0 Å². The van der Waals surface area contributed by atoms with E-state index in [0.717, 1.165) is 7.41 Å². The molecule has 0 aromatic carbocycles. The summed E-state index contributed by atoms with van der Waals surface area (Å²) in [4.78, 5) is 12.3. The minimum Gasteiger partial charge on any atom is -0.404 e. The third-order valence-corrected chi connectivity index (χ3v) is 1.42. The molecular formula is C5H12B2N6. The molecule has 1 heterocycles. The van der Waals surface area contributed by atoms with Gasteiger partial charge in [-0.1, -0.05) is 6.82 Å². The van der Waals surface area contributed by atoms with Crippen LogP contribution in [0.15, 0.2) is 0 Å². The van der Waals surface area contributed by atoms with E-state index >= 15 is 0 Å². The van der Waals surface area contributed by atoms with E-state index in [1.54, 1.807) is 15.0 Å². The molecule has 68 valence electrons. The molecule has 0 bridgehead atoms. The highest BCUT2D eigenvalue weighted by atomic mass is 15.2. The Bertz CT molecular complexity index is 257. The fraction of sp³-hybridized carbons (Fsp3) is 0.400. The van der Waals surface area contributed by atoms with Crippen LogP contribution in [0, 0.1) is 0 Å². The molecule has 1 rings (SSSR count). The van der Waals surface area contributed by atoms with E-state index < -0.39 is 0 Å². The highest BCUT2D eigenvalue weighted by Crippen LogP contribution is 2.06. The van der Waals surface area contributed by atoms with Crippen molar-refractivity contribution in [2.24, 2.45) is 0 Å². The SMILES string of the molecule is BNc1nc(NC)nc(NBC)n1. The Labute approximate surface area is 78.7 Å². The molecule has 0 aliphatic carbocycles. The molecule has 0 aliphatic heterocycles. The maximum Gasteiger partial charge on any atom is 0.233 e. The average Bonchev–Trinajstić information content (AvgIpc) is 2.17. The first-order valence-electron chi connectivity index (χ1n) is 4.15. The lowest BCUT2D eigenvalue weighted by Gasteiger charge is -2.05. The van der Waals surface area contributed by atoms with Gasteiger partial charge in [-0.05, 0) is 0 Å². The van der Waals surface area contributed by atoms with Crippen LogP contribution in [0.3, 0.4) is 0 Å². The third-order valence-electron chi connectivity index (χ3n) is 1.42. The second-order valence-electron chi connectivity index (χ2n) is 2.34. The Morgan fingerprint density at radius 1 is 1.15 bits per heavy atom. The van der Waals surface area contributed by atoms with Crippen LogP contribution < -0.4 is 15.8 Å². The van der Waals surface area contributed by atoms with Gasteiger partial charge >= 0.3 is 0 Å². The summed E-state index contributed by atoms with van der Waals surface area (Å²) in [6.45, 7) is 1.99. The lowest BCUT2D eigenvalue weighted by atomic mass is 10.0. The van der Waals surface area contributed by atoms with Crippen LogP contribution in [0.2, 0.25) is 6.82 Å². The van der Waals surface area contributed by atoms with E-state index in [1.807, 2.05) is 6.82 Å². The quantitative estimate of drug-likeness (QED) is 0.496. The standard InChI is InChI=1S/C5H12B2N6/c1-7-13-5-10-3(8-2)9-4(11-5)12-6/h7H,6H2,1-2H3,(H3,8,9,10,11,12,13). The number of anilines is 3. The van der Waals surface area contributed by atoms with Crippen LogP contribution in [-0.4, -0.2) is 37.4 Å². The van der Waals surface area contributed by atoms with Crippen molar-refractivity contribution in [2.45, 2.75) is 6.82 Å². The van der Waals surface area contributed by atoms with E-state index in [4.69, 9.17) is 0 Å². The van der Waals surface area contributed by atoms with Crippen molar-refractivity contribution in [3.05, 3.63) is 0 Å². The first kappa shape index (κ1) is 9.63. The van der Waals surface area contributed by atoms with Crippen LogP contribution in [0.5, 0.6) is 0 Å². The summed E-state index contributed by atoms with van der Waals surface area (Å²) >= 11 is 0. The largest absolute Gasteiger partial charge is 0.404 e. The second-order valence-corrected chi connectivity index (χ2v) is 2.34. The molecule has 0 saturated carbocycles. The Morgan fingerprint density at radius 3 is 2.31 bits per heavy atom. The predicted octanol–water partition coefficient (Wildman–Crippen LogP) is -1.32. The van der Waals surface area contributed by atoms with Gasteiger partial charge in [0.15, 0.2) is 0 Å². The molecule has 6 nitrogen and oxygen atoms in total. The van der Waals surface area contributed by atoms with Crippen molar-refractivity contribution in [2.75, 3.05) is 22.8 Å². The van der Waals surface area contributed by atoms with Crippen molar-refractivity contribution in [1.29, 1.82) is 0 Å². The number of hydrogen-bond acceptors (Lipinski definition) is 6. The summed E-state index contributed by atoms with van der Waals surface area (Å²) in [5.41, 5.74) is 0. The summed E-state index contributed by atoms with van der Waals surface area (Å²) in [5, 5.41) is 8.73. The maximum atomic E-state index is 4.11. The summed E-state index contributed by atoms with van der Waals surface area (Å²) in [6.07, 6.45) is 0. The number of rotatable bonds is 4. The van der Waals surface area contributed by atoms with E-state index in [2.05, 4.69) is 30.7 Å². The zero-order chi connectivity index (χ0) is 9.68. The zero-order valence-corrected chi connectivity index (χ0v) is 8.05. The molecule has 0 amide bonds. The van der Waals surface area contributed by atoms with Crippen molar-refractivity contribution >= 4 is 33.2 Å². The summed E-state index contributed by atoms with van der Waals surface area (Å²) in [5.74, 6) is 1.68. The van der Waals surface area contributed by atoms with Crippen LogP contribution in [0.1, 0.15) is 0 Å². The molecule has 3 N–H and O–H groups in total. The first-order valence-corrected chi connectivity index (χ1v) is 4.15. The van der Waals surface area contributed by atoms with E-state index in [9.17, 15) is 0 Å². The minimum absolute atomic E-state index is 0.551. The number of hydrogen-bond donors (Lipinski definition) is 3. The normalized spacial score (nSPS) is 9.08. The Kier molecular flexibility index (Phi) is 3.36. The molecule has 0 atom stereocenters. The van der Waals surface area contributed by atoms with Gasteiger partial charge in [-0.2, -0.15) is 15.0 Å². The van der Waals surface area contributed by atoms with Gasteiger partial charge in [0.25, 0.3) is 0 Å². The van der Waals surface area contributed by atoms with Crippen molar-refractivity contribution in [3.8, 4) is 0 Å². The topological polar surface area (TPSA) is 74.8 Å². The smallest absolute Gasteiger partial charge is 0.233 e. The average molecular weight is 178 g/mol. The molecule has 1 aromatic heterocycles. The summed E-state index contributed by atoms with van der Waals surface area (Å²) in [7, 11) is 4.32. The Morgan fingerprint density at radius 2 is 1.77 bits per heavy atom. The van der Waals surface area contributed by atoms with E-state index in [-0.39, 0.29) is 0 Å². The van der Waals surface area contributed by atoms with E-state index in [0.29, 0.717) is 17.8 Å². The minimum atomic E-state index is 0.551. The molecule has 1 aromatic rings. The molecule has 0 unspecified atom stereocenters. The molecule has 13 heavy (non-hydrogen) atoms. The van der Waals surface area contributed by atoms with Gasteiger partial charge in [0.1, 0.15) is 0 Å². The van der Waals surface area contributed by atoms with Crippen LogP contribution in [-0.2, 0) is 0 Å². The highest BCUT2D eigenvalue weighted by Gasteiger charge is 2.01. The van der Waals surface area contributed by atoms with E-state index in [1.165, 1.54) is 0 Å². The lowest BCUT2D eigenvalue weighted by molar-refractivity contribution is 1.07. The molecule has 0 saturated heterocycles. The molecular weight excluding hydrogens is 166 g/mol. The van der Waals surface area contributed by atoms with Gasteiger partial charge < -0.3 is 15.8 Å².